The minimum absolute atomic E-state index is 0.0483. The second kappa shape index (κ2) is 5.63. The summed E-state index contributed by atoms with van der Waals surface area (Å²) in [6.07, 6.45) is 5.70. The third-order valence-corrected chi connectivity index (χ3v) is 6.53. The molecule has 0 aromatic heterocycles. The van der Waals surface area contributed by atoms with E-state index in [1.54, 1.807) is 25.3 Å². The average molecular weight is 356 g/mol. The minimum Gasteiger partial charge on any atom is -0.497 e. The van der Waals surface area contributed by atoms with Gasteiger partial charge in [0.25, 0.3) is 5.91 Å². The third kappa shape index (κ3) is 2.46. The first kappa shape index (κ1) is 16.0. The molecule has 6 rings (SSSR count). The number of amides is 2. The fourth-order valence-corrected chi connectivity index (χ4v) is 4.98. The fourth-order valence-electron chi connectivity index (χ4n) is 4.98. The van der Waals surface area contributed by atoms with E-state index in [9.17, 15) is 9.59 Å². The second-order valence-electron chi connectivity index (χ2n) is 8.17. The summed E-state index contributed by atoms with van der Waals surface area (Å²) in [5, 5.41) is 6.29. The number of methoxy groups -OCH3 is 1. The first-order valence-electron chi connectivity index (χ1n) is 9.58. The van der Waals surface area contributed by atoms with Crippen LogP contribution in [0.5, 0.6) is 11.5 Å². The van der Waals surface area contributed by atoms with Gasteiger partial charge in [0.05, 0.1) is 12.7 Å². The normalized spacial score (nSPS) is 34.7. The van der Waals surface area contributed by atoms with Crippen LogP contribution in [-0.2, 0) is 4.79 Å². The molecule has 6 heteroatoms. The Morgan fingerprint density at radius 1 is 1.31 bits per heavy atom. The zero-order chi connectivity index (χ0) is 17.9. The highest BCUT2D eigenvalue weighted by atomic mass is 16.5. The van der Waals surface area contributed by atoms with Crippen molar-refractivity contribution in [1.82, 2.24) is 10.6 Å². The van der Waals surface area contributed by atoms with Crippen molar-refractivity contribution in [3.8, 4) is 11.5 Å². The molecule has 0 saturated heterocycles. The highest BCUT2D eigenvalue weighted by Crippen LogP contribution is 2.52. The van der Waals surface area contributed by atoms with Gasteiger partial charge in [0.1, 0.15) is 11.5 Å². The van der Waals surface area contributed by atoms with Crippen molar-refractivity contribution in [3.05, 3.63) is 23.8 Å². The van der Waals surface area contributed by atoms with Crippen molar-refractivity contribution < 1.29 is 19.1 Å². The van der Waals surface area contributed by atoms with Crippen molar-refractivity contribution >= 4 is 11.8 Å². The average Bonchev–Trinajstić information content (AvgIpc) is 3.45. The minimum atomic E-state index is -0.685. The Kier molecular flexibility index (Phi) is 3.46. The van der Waals surface area contributed by atoms with E-state index in [1.807, 2.05) is 0 Å². The molecule has 2 bridgehead atoms. The van der Waals surface area contributed by atoms with Gasteiger partial charge in [-0.15, -0.1) is 0 Å². The Hall–Kier alpha value is -2.24. The molecule has 138 valence electrons. The van der Waals surface area contributed by atoms with Gasteiger partial charge in [-0.2, -0.15) is 0 Å². The predicted molar refractivity (Wildman–Crippen MR) is 93.9 cm³/mol. The summed E-state index contributed by atoms with van der Waals surface area (Å²) in [5.74, 6) is 1.82. The van der Waals surface area contributed by atoms with Gasteiger partial charge in [0, 0.05) is 30.4 Å². The van der Waals surface area contributed by atoms with E-state index in [-0.39, 0.29) is 29.6 Å². The zero-order valence-electron chi connectivity index (χ0n) is 14.9. The van der Waals surface area contributed by atoms with Crippen LogP contribution < -0.4 is 20.1 Å². The number of nitrogens with one attached hydrogen (secondary N) is 2. The number of fused-ring (bicyclic) bond motifs is 3. The van der Waals surface area contributed by atoms with E-state index < -0.39 is 5.72 Å². The highest BCUT2D eigenvalue weighted by molar-refractivity contribution is 5.98. The molecular weight excluding hydrogens is 332 g/mol. The molecule has 4 fully saturated rings. The summed E-state index contributed by atoms with van der Waals surface area (Å²) in [6.45, 7) is 0. The Balaban J connectivity index is 1.40. The van der Waals surface area contributed by atoms with Crippen LogP contribution in [-0.4, -0.2) is 30.7 Å². The topological polar surface area (TPSA) is 76.7 Å². The zero-order valence-corrected chi connectivity index (χ0v) is 14.9. The van der Waals surface area contributed by atoms with Gasteiger partial charge in [0.15, 0.2) is 5.72 Å². The van der Waals surface area contributed by atoms with Gasteiger partial charge < -0.3 is 20.1 Å². The molecule has 2 amide bonds. The van der Waals surface area contributed by atoms with Crippen LogP contribution in [0.3, 0.4) is 0 Å². The Morgan fingerprint density at radius 2 is 2.15 bits per heavy atom. The SMILES string of the molecule is COc1ccc2c(c1)O[C@]1(C[C@H]3CC[C@@H]1C[C@@H]3C(=O)NC1CC1)NC2=O. The van der Waals surface area contributed by atoms with Crippen molar-refractivity contribution in [1.29, 1.82) is 0 Å². The first-order chi connectivity index (χ1) is 12.6. The lowest BCUT2D eigenvalue weighted by Crippen LogP contribution is -2.67. The molecule has 6 nitrogen and oxygen atoms in total. The quantitative estimate of drug-likeness (QED) is 0.871. The van der Waals surface area contributed by atoms with Gasteiger partial charge in [0.2, 0.25) is 5.91 Å². The molecule has 1 aliphatic heterocycles. The van der Waals surface area contributed by atoms with Crippen molar-refractivity contribution in [3.63, 3.8) is 0 Å². The number of hydrogen-bond donors (Lipinski definition) is 2. The highest BCUT2D eigenvalue weighted by Gasteiger charge is 2.57. The van der Waals surface area contributed by atoms with E-state index in [2.05, 4.69) is 10.6 Å². The summed E-state index contributed by atoms with van der Waals surface area (Å²) < 4.78 is 11.7. The lowest BCUT2D eigenvalue weighted by atomic mass is 9.60. The lowest BCUT2D eigenvalue weighted by molar-refractivity contribution is -0.146. The molecule has 1 aromatic rings. The first-order valence-corrected chi connectivity index (χ1v) is 9.58. The number of ether oxygens (including phenoxy) is 2. The molecule has 1 aromatic carbocycles. The number of benzene rings is 1. The van der Waals surface area contributed by atoms with E-state index in [0.717, 1.165) is 32.1 Å². The third-order valence-electron chi connectivity index (χ3n) is 6.53. The van der Waals surface area contributed by atoms with Gasteiger partial charge in [-0.1, -0.05) is 0 Å². The van der Waals surface area contributed by atoms with Gasteiger partial charge in [-0.3, -0.25) is 9.59 Å². The summed E-state index contributed by atoms with van der Waals surface area (Å²) in [7, 11) is 1.60. The van der Waals surface area contributed by atoms with Crippen molar-refractivity contribution in [2.45, 2.75) is 50.3 Å². The Bertz CT molecular complexity index is 775. The maximum Gasteiger partial charge on any atom is 0.258 e. The van der Waals surface area contributed by atoms with Gasteiger partial charge in [-0.25, -0.2) is 0 Å². The molecule has 26 heavy (non-hydrogen) atoms. The Labute approximate surface area is 152 Å². The molecule has 5 aliphatic rings. The van der Waals surface area contributed by atoms with Crippen LogP contribution in [0.4, 0.5) is 0 Å². The second-order valence-corrected chi connectivity index (χ2v) is 8.17. The standard InChI is InChI=1S/C20H24N2O4/c1-25-14-6-7-15-17(9-14)26-20(22-19(15)24)10-11-2-3-12(20)8-16(11)18(23)21-13-4-5-13/h6-7,9,11-13,16H,2-5,8,10H2,1H3,(H,21,23)(H,22,24)/t11-,12-,16+,20+/m1/s1. The summed E-state index contributed by atoms with van der Waals surface area (Å²) >= 11 is 0. The molecule has 4 atom stereocenters. The van der Waals surface area contributed by atoms with E-state index in [0.29, 0.717) is 29.5 Å². The fraction of sp³-hybridized carbons (Fsp3) is 0.600. The van der Waals surface area contributed by atoms with Crippen LogP contribution in [0.25, 0.3) is 0 Å². The number of carbonyl (C=O) groups is 2. The van der Waals surface area contributed by atoms with Gasteiger partial charge >= 0.3 is 0 Å². The molecule has 2 N–H and O–H groups in total. The molecule has 4 aliphatic carbocycles. The maximum atomic E-state index is 12.7. The monoisotopic (exact) mass is 356 g/mol. The van der Waals surface area contributed by atoms with Crippen LogP contribution in [0, 0.1) is 17.8 Å². The van der Waals surface area contributed by atoms with Crippen LogP contribution in [0.15, 0.2) is 18.2 Å². The molecule has 4 saturated carbocycles. The smallest absolute Gasteiger partial charge is 0.258 e. The summed E-state index contributed by atoms with van der Waals surface area (Å²) in [6, 6.07) is 5.69. The molecule has 1 spiro atoms. The maximum absolute atomic E-state index is 12.7. The van der Waals surface area contributed by atoms with Crippen LogP contribution in [0.1, 0.15) is 48.9 Å². The van der Waals surface area contributed by atoms with Crippen molar-refractivity contribution in [2.75, 3.05) is 7.11 Å². The summed E-state index contributed by atoms with van der Waals surface area (Å²) in [4.78, 5) is 25.3. The van der Waals surface area contributed by atoms with Crippen LogP contribution in [0.2, 0.25) is 0 Å². The lowest BCUT2D eigenvalue weighted by Gasteiger charge is -2.55. The van der Waals surface area contributed by atoms with Gasteiger partial charge in [-0.05, 0) is 50.2 Å². The van der Waals surface area contributed by atoms with E-state index in [4.69, 9.17) is 9.47 Å². The molecule has 0 radical (unpaired) electrons. The van der Waals surface area contributed by atoms with E-state index in [1.165, 1.54) is 0 Å². The molecule has 1 heterocycles. The van der Waals surface area contributed by atoms with E-state index >= 15 is 0 Å². The van der Waals surface area contributed by atoms with Crippen LogP contribution >= 0.6 is 0 Å². The number of carbonyl (C=O) groups excluding carboxylic acids is 2. The molecular formula is C20H24N2O4. The number of rotatable bonds is 3. The largest absolute Gasteiger partial charge is 0.497 e. The predicted octanol–water partition coefficient (Wildman–Crippen LogP) is 2.23. The number of hydrogen-bond acceptors (Lipinski definition) is 4. The van der Waals surface area contributed by atoms with Crippen molar-refractivity contribution in [2.24, 2.45) is 17.8 Å². The summed E-state index contributed by atoms with van der Waals surface area (Å²) in [5.41, 5.74) is -0.142. The Morgan fingerprint density at radius 3 is 2.85 bits per heavy atom. The molecule has 0 unspecified atom stereocenters.